The van der Waals surface area contributed by atoms with Crippen molar-refractivity contribution >= 4 is 80.3 Å². The Morgan fingerprint density at radius 1 is 0.378 bits per heavy atom. The summed E-state index contributed by atoms with van der Waals surface area (Å²) in [4.78, 5) is 7.19. The number of benzene rings is 8. The standard InChI is InChI=1S/C31H40BN.C22H22NOP.C16H17NO.3C2H6/c1-20(2)23-18-24(21(3)4)30(25(19-23)22(5)6)32-26-14-10-12-16-28(26)33(31(7,8)9)29-17-13-11-15-27(29)32;1-22(2,3)23-18-13-7-9-15-20(18)25(24,17-11-5-4-6-12-17)21-16-10-8-14-19(21)23;1-16(2,3)17-12-8-4-6-10-14(12)18-15-11-7-5-9-13(15)17;3*1-2/h10-22H,1-9H3;4-16H,1-3H3;4-11H,1-3H3;3*1-2H3. The second-order valence-electron chi connectivity index (χ2n) is 24.6. The van der Waals surface area contributed by atoms with Crippen LogP contribution in [-0.4, -0.2) is 23.3 Å². The van der Waals surface area contributed by atoms with Crippen LogP contribution >= 0.6 is 7.14 Å². The molecule has 0 aromatic heterocycles. The van der Waals surface area contributed by atoms with Crippen LogP contribution in [0.5, 0.6) is 11.5 Å². The lowest BCUT2D eigenvalue weighted by atomic mass is 9.33. The van der Waals surface area contributed by atoms with Gasteiger partial charge in [-0.3, -0.25) is 0 Å². The Bertz CT molecular complexity index is 3240. The van der Waals surface area contributed by atoms with E-state index in [0.717, 1.165) is 50.2 Å². The van der Waals surface area contributed by atoms with E-state index in [1.54, 1.807) is 0 Å². The molecule has 0 saturated heterocycles. The summed E-state index contributed by atoms with van der Waals surface area (Å²) >= 11 is 0. The van der Waals surface area contributed by atoms with Gasteiger partial charge >= 0.3 is 0 Å². The maximum Gasteiger partial charge on any atom is 0.247 e. The number of rotatable bonds is 5. The smallest absolute Gasteiger partial charge is 0.247 e. The van der Waals surface area contributed by atoms with E-state index < -0.39 is 7.14 Å². The Balaban J connectivity index is 0.000000196. The molecule has 0 spiro atoms. The van der Waals surface area contributed by atoms with Crippen molar-refractivity contribution in [2.75, 3.05) is 14.7 Å². The van der Waals surface area contributed by atoms with E-state index in [2.05, 4.69) is 216 Å². The molecule has 432 valence electrons. The average molecular weight is 1110 g/mol. The van der Waals surface area contributed by atoms with E-state index in [1.807, 2.05) is 133 Å². The van der Waals surface area contributed by atoms with Crippen molar-refractivity contribution in [3.8, 4) is 11.5 Å². The summed E-state index contributed by atoms with van der Waals surface area (Å²) in [7, 11) is -2.89. The largest absolute Gasteiger partial charge is 0.453 e. The molecule has 0 amide bonds. The summed E-state index contributed by atoms with van der Waals surface area (Å²) in [6.45, 7) is 46.5. The molecule has 0 N–H and O–H groups in total. The van der Waals surface area contributed by atoms with Crippen molar-refractivity contribution in [3.63, 3.8) is 0 Å². The molecule has 3 aliphatic rings. The Morgan fingerprint density at radius 2 is 0.683 bits per heavy atom. The summed E-state index contributed by atoms with van der Waals surface area (Å²) in [5, 5.41) is 2.74. The Labute approximate surface area is 497 Å². The van der Waals surface area contributed by atoms with Gasteiger partial charge in [0.05, 0.1) is 22.7 Å². The molecule has 5 nitrogen and oxygen atoms in total. The predicted octanol–water partition coefficient (Wildman–Crippen LogP) is 19.2. The van der Waals surface area contributed by atoms with Crippen molar-refractivity contribution < 1.29 is 9.30 Å². The molecule has 7 heteroatoms. The highest BCUT2D eigenvalue weighted by molar-refractivity contribution is 7.86. The lowest BCUT2D eigenvalue weighted by Gasteiger charge is -2.45. The topological polar surface area (TPSA) is 36.0 Å². The number of ether oxygens (including phenoxy) is 1. The Kier molecular flexibility index (Phi) is 21.3. The first kappa shape index (κ1) is 64.4. The van der Waals surface area contributed by atoms with Crippen LogP contribution in [0, 0.1) is 0 Å². The third kappa shape index (κ3) is 13.0. The number of hydrogen-bond donors (Lipinski definition) is 0. The number of para-hydroxylation sites is 8. The lowest BCUT2D eigenvalue weighted by Crippen LogP contribution is -2.61. The molecule has 0 unspecified atom stereocenters. The second kappa shape index (κ2) is 27.1. The molecule has 0 aliphatic carbocycles. The van der Waals surface area contributed by atoms with E-state index >= 15 is 0 Å². The van der Waals surface area contributed by atoms with E-state index in [9.17, 15) is 4.57 Å². The van der Waals surface area contributed by atoms with Crippen LogP contribution in [0.25, 0.3) is 0 Å². The first-order valence-electron chi connectivity index (χ1n) is 30.5. The van der Waals surface area contributed by atoms with Gasteiger partial charge in [0.25, 0.3) is 0 Å². The third-order valence-electron chi connectivity index (χ3n) is 14.9. The summed E-state index contributed by atoms with van der Waals surface area (Å²) in [6, 6.07) is 65.7. The molecule has 0 bridgehead atoms. The summed E-state index contributed by atoms with van der Waals surface area (Å²) in [6.07, 6.45) is 0. The van der Waals surface area contributed by atoms with Gasteiger partial charge in [-0.1, -0.05) is 216 Å². The lowest BCUT2D eigenvalue weighted by molar-refractivity contribution is 0.451. The molecule has 3 aliphatic heterocycles. The highest BCUT2D eigenvalue weighted by Gasteiger charge is 2.44. The van der Waals surface area contributed by atoms with Crippen LogP contribution in [0.1, 0.15) is 180 Å². The zero-order chi connectivity index (χ0) is 60.5. The number of anilines is 6. The minimum atomic E-state index is -2.89. The van der Waals surface area contributed by atoms with Crippen LogP contribution < -0.4 is 51.7 Å². The quantitative estimate of drug-likeness (QED) is 0.127. The maximum absolute atomic E-state index is 14.5. The van der Waals surface area contributed by atoms with Gasteiger partial charge in [0.1, 0.15) is 0 Å². The van der Waals surface area contributed by atoms with Crippen LogP contribution in [0.3, 0.4) is 0 Å². The fourth-order valence-corrected chi connectivity index (χ4v) is 14.7. The molecule has 0 atom stereocenters. The molecule has 0 radical (unpaired) electrons. The molecule has 11 rings (SSSR count). The van der Waals surface area contributed by atoms with Gasteiger partial charge in [-0.15, -0.1) is 0 Å². The summed E-state index contributed by atoms with van der Waals surface area (Å²) in [5.41, 5.74) is 15.7. The maximum atomic E-state index is 14.5. The van der Waals surface area contributed by atoms with E-state index in [0.29, 0.717) is 17.8 Å². The van der Waals surface area contributed by atoms with E-state index in [-0.39, 0.29) is 23.3 Å². The number of hydrogen-bond acceptors (Lipinski definition) is 5. The van der Waals surface area contributed by atoms with Gasteiger partial charge in [0.2, 0.25) is 6.71 Å². The van der Waals surface area contributed by atoms with Crippen LogP contribution in [0.15, 0.2) is 188 Å². The number of nitrogens with zero attached hydrogens (tertiary/aromatic N) is 3. The van der Waals surface area contributed by atoms with Gasteiger partial charge in [0, 0.05) is 43.9 Å². The highest BCUT2D eigenvalue weighted by atomic mass is 31.2. The van der Waals surface area contributed by atoms with Gasteiger partial charge in [0.15, 0.2) is 18.6 Å². The molecule has 0 fully saturated rings. The molecule has 8 aromatic carbocycles. The minimum Gasteiger partial charge on any atom is -0.453 e. The molecular formula is C75H97BN3O2P. The molecule has 82 heavy (non-hydrogen) atoms. The minimum absolute atomic E-state index is 0.00991. The number of fused-ring (bicyclic) bond motifs is 6. The monoisotopic (exact) mass is 1110 g/mol. The molecular weight excluding hydrogens is 1020 g/mol. The summed E-state index contributed by atoms with van der Waals surface area (Å²) in [5.74, 6) is 3.31. The Morgan fingerprint density at radius 3 is 1.05 bits per heavy atom. The van der Waals surface area contributed by atoms with Crippen LogP contribution in [0.4, 0.5) is 34.1 Å². The van der Waals surface area contributed by atoms with E-state index in [4.69, 9.17) is 4.74 Å². The third-order valence-corrected chi connectivity index (χ3v) is 18.1. The van der Waals surface area contributed by atoms with Crippen molar-refractivity contribution in [2.24, 2.45) is 0 Å². The van der Waals surface area contributed by atoms with Crippen molar-refractivity contribution in [1.82, 2.24) is 0 Å². The van der Waals surface area contributed by atoms with Gasteiger partial charge in [-0.2, -0.15) is 0 Å². The van der Waals surface area contributed by atoms with Crippen LogP contribution in [0.2, 0.25) is 0 Å². The second-order valence-corrected chi connectivity index (χ2v) is 27.3. The van der Waals surface area contributed by atoms with E-state index in [1.165, 1.54) is 44.5 Å². The normalized spacial score (nSPS) is 13.4. The van der Waals surface area contributed by atoms with Gasteiger partial charge < -0.3 is 24.0 Å². The zero-order valence-electron chi connectivity index (χ0n) is 53.8. The van der Waals surface area contributed by atoms with Crippen molar-refractivity contribution in [3.05, 3.63) is 205 Å². The molecule has 3 heterocycles. The highest BCUT2D eigenvalue weighted by Crippen LogP contribution is 2.54. The van der Waals surface area contributed by atoms with Crippen molar-refractivity contribution in [1.29, 1.82) is 0 Å². The summed E-state index contributed by atoms with van der Waals surface area (Å²) < 4.78 is 20.5. The van der Waals surface area contributed by atoms with Gasteiger partial charge in [-0.25, -0.2) is 0 Å². The predicted molar refractivity (Wildman–Crippen MR) is 365 cm³/mol. The molecule has 8 aromatic rings. The average Bonchev–Trinajstić information content (AvgIpc) is 3.39. The SMILES string of the molecule is CC.CC.CC.CC(C)(C)N1c2ccccc2Oc2ccccc21.CC(C)(C)N1c2ccccc2P(=O)(c2ccccc2)c2ccccc21.CC(C)c1cc(C(C)C)c(B2c3ccccc3N(C(C)(C)C)c3ccccc32)c(C(C)C)c1. The zero-order valence-corrected chi connectivity index (χ0v) is 54.7. The molecule has 0 saturated carbocycles. The first-order chi connectivity index (χ1) is 39.0. The first-order valence-corrected chi connectivity index (χ1v) is 32.2. The fourth-order valence-electron chi connectivity index (χ4n) is 11.7. The Hall–Kier alpha value is -6.75. The van der Waals surface area contributed by atoms with Crippen molar-refractivity contribution in [2.45, 2.75) is 180 Å². The van der Waals surface area contributed by atoms with Crippen LogP contribution in [-0.2, 0) is 4.57 Å². The fraction of sp³-hybridized carbons (Fsp3) is 0.360. The van der Waals surface area contributed by atoms with Gasteiger partial charge in [-0.05, 0) is 168 Å².